The Hall–Kier alpha value is -2.07. The molecule has 2 rings (SSSR count). The Morgan fingerprint density at radius 1 is 1.14 bits per heavy atom. The van der Waals surface area contributed by atoms with Gasteiger partial charge in [-0.1, -0.05) is 36.4 Å². The van der Waals surface area contributed by atoms with E-state index in [-0.39, 0.29) is 24.7 Å². The molecule has 0 saturated carbocycles. The van der Waals surface area contributed by atoms with Crippen LogP contribution >= 0.6 is 0 Å². The van der Waals surface area contributed by atoms with Gasteiger partial charge in [0.25, 0.3) is 0 Å². The molecule has 112 valence electrons. The zero-order valence-electron chi connectivity index (χ0n) is 12.6. The van der Waals surface area contributed by atoms with E-state index in [1.165, 1.54) is 0 Å². The van der Waals surface area contributed by atoms with E-state index in [1.807, 2.05) is 57.2 Å². The van der Waals surface area contributed by atoms with E-state index >= 15 is 0 Å². The van der Waals surface area contributed by atoms with Gasteiger partial charge in [0.2, 0.25) is 0 Å². The van der Waals surface area contributed by atoms with E-state index in [1.54, 1.807) is 0 Å². The van der Waals surface area contributed by atoms with Crippen LogP contribution in [-0.4, -0.2) is 18.7 Å². The first-order valence-corrected chi connectivity index (χ1v) is 7.08. The fourth-order valence-electron chi connectivity index (χ4n) is 2.21. The lowest BCUT2D eigenvalue weighted by Gasteiger charge is -2.17. The summed E-state index contributed by atoms with van der Waals surface area (Å²) in [6, 6.07) is 11.6. The summed E-state index contributed by atoms with van der Waals surface area (Å²) in [5.41, 5.74) is 6.88. The number of hydrogen-bond donors (Lipinski definition) is 1. The van der Waals surface area contributed by atoms with Gasteiger partial charge in [0.1, 0.15) is 5.75 Å². The first kappa shape index (κ1) is 15.3. The summed E-state index contributed by atoms with van der Waals surface area (Å²) in [6.45, 7) is 5.39. The van der Waals surface area contributed by atoms with Gasteiger partial charge in [-0.3, -0.25) is 0 Å². The number of rotatable bonds is 5. The van der Waals surface area contributed by atoms with Crippen molar-refractivity contribution in [3.05, 3.63) is 42.0 Å². The summed E-state index contributed by atoms with van der Waals surface area (Å²) in [7, 11) is 0. The number of carbonyl (C=O) groups is 1. The minimum atomic E-state index is -0.381. The molecule has 0 bridgehead atoms. The maximum atomic E-state index is 11.7. The largest absolute Gasteiger partial charge is 0.481 e. The first-order valence-electron chi connectivity index (χ1n) is 7.08. The molecule has 4 heteroatoms. The van der Waals surface area contributed by atoms with Crippen LogP contribution in [0.4, 0.5) is 0 Å². The lowest BCUT2D eigenvalue weighted by atomic mass is 10.0. The highest BCUT2D eigenvalue weighted by Crippen LogP contribution is 2.32. The molecule has 0 spiro atoms. The molecule has 0 aromatic heterocycles. The van der Waals surface area contributed by atoms with Crippen LogP contribution in [-0.2, 0) is 9.53 Å². The Labute approximate surface area is 124 Å². The maximum Gasteiger partial charge on any atom is 0.344 e. The van der Waals surface area contributed by atoms with Gasteiger partial charge < -0.3 is 15.2 Å². The Morgan fingerprint density at radius 3 is 2.52 bits per heavy atom. The quantitative estimate of drug-likeness (QED) is 0.858. The molecule has 4 nitrogen and oxygen atoms in total. The molecule has 0 fully saturated rings. The van der Waals surface area contributed by atoms with Gasteiger partial charge >= 0.3 is 5.97 Å². The lowest BCUT2D eigenvalue weighted by Crippen LogP contribution is -2.19. The molecule has 0 aliphatic carbocycles. The summed E-state index contributed by atoms with van der Waals surface area (Å²) in [4.78, 5) is 11.7. The van der Waals surface area contributed by atoms with Gasteiger partial charge in [0.05, 0.1) is 6.10 Å². The zero-order valence-corrected chi connectivity index (χ0v) is 12.6. The minimum absolute atomic E-state index is 0.119. The Morgan fingerprint density at radius 2 is 1.86 bits per heavy atom. The van der Waals surface area contributed by atoms with Crippen molar-refractivity contribution in [2.45, 2.75) is 32.9 Å². The van der Waals surface area contributed by atoms with Gasteiger partial charge in [-0.2, -0.15) is 0 Å². The van der Waals surface area contributed by atoms with Crippen LogP contribution in [0, 0.1) is 0 Å². The third kappa shape index (κ3) is 3.73. The molecule has 21 heavy (non-hydrogen) atoms. The Balaban J connectivity index is 2.31. The van der Waals surface area contributed by atoms with Crippen molar-refractivity contribution in [1.82, 2.24) is 0 Å². The molecular weight excluding hydrogens is 266 g/mol. The topological polar surface area (TPSA) is 61.5 Å². The number of ether oxygens (including phenoxy) is 2. The molecule has 2 aromatic carbocycles. The van der Waals surface area contributed by atoms with E-state index in [4.69, 9.17) is 15.2 Å². The van der Waals surface area contributed by atoms with Crippen LogP contribution < -0.4 is 10.5 Å². The summed E-state index contributed by atoms with van der Waals surface area (Å²) in [5, 5.41) is 2.00. The van der Waals surface area contributed by atoms with Gasteiger partial charge in [-0.25, -0.2) is 4.79 Å². The van der Waals surface area contributed by atoms with E-state index in [9.17, 15) is 4.79 Å². The van der Waals surface area contributed by atoms with E-state index < -0.39 is 0 Å². The first-order chi connectivity index (χ1) is 9.99. The molecule has 0 radical (unpaired) electrons. The average Bonchev–Trinajstić information content (AvgIpc) is 2.43. The van der Waals surface area contributed by atoms with Crippen molar-refractivity contribution in [2.75, 3.05) is 6.61 Å². The molecule has 0 amide bonds. The Bertz CT molecular complexity index is 635. The standard InChI is InChI=1S/C17H21NO3/c1-11(2)21-16(19)10-20-17-14(12(3)18)9-8-13-6-4-5-7-15(13)17/h4-9,11-12H,10,18H2,1-3H3/t12-/m0/s1. The van der Waals surface area contributed by atoms with Crippen LogP contribution in [0.5, 0.6) is 5.75 Å². The van der Waals surface area contributed by atoms with E-state index in [0.717, 1.165) is 16.3 Å². The molecule has 2 aromatic rings. The summed E-state index contributed by atoms with van der Waals surface area (Å²) >= 11 is 0. The van der Waals surface area contributed by atoms with Crippen molar-refractivity contribution in [3.8, 4) is 5.75 Å². The molecule has 2 N–H and O–H groups in total. The fourth-order valence-corrected chi connectivity index (χ4v) is 2.21. The molecule has 0 heterocycles. The molecule has 0 unspecified atom stereocenters. The average molecular weight is 287 g/mol. The highest BCUT2D eigenvalue weighted by molar-refractivity contribution is 5.90. The number of esters is 1. The van der Waals surface area contributed by atoms with E-state index in [0.29, 0.717) is 5.75 Å². The fraction of sp³-hybridized carbons (Fsp3) is 0.353. The van der Waals surface area contributed by atoms with Gasteiger partial charge in [0.15, 0.2) is 6.61 Å². The predicted molar refractivity (Wildman–Crippen MR) is 83.3 cm³/mol. The highest BCUT2D eigenvalue weighted by atomic mass is 16.6. The second-order valence-corrected chi connectivity index (χ2v) is 5.32. The van der Waals surface area contributed by atoms with Crippen LogP contribution in [0.1, 0.15) is 32.4 Å². The van der Waals surface area contributed by atoms with Crippen LogP contribution in [0.25, 0.3) is 10.8 Å². The number of nitrogens with two attached hydrogens (primary N) is 1. The molecule has 1 atom stereocenters. The van der Waals surface area contributed by atoms with Crippen molar-refractivity contribution in [1.29, 1.82) is 0 Å². The molecular formula is C17H21NO3. The number of fused-ring (bicyclic) bond motifs is 1. The molecule has 0 aliphatic heterocycles. The van der Waals surface area contributed by atoms with Gasteiger partial charge in [0, 0.05) is 17.0 Å². The molecule has 0 saturated heterocycles. The second-order valence-electron chi connectivity index (χ2n) is 5.32. The van der Waals surface area contributed by atoms with Gasteiger partial charge in [-0.05, 0) is 26.2 Å². The predicted octanol–water partition coefficient (Wildman–Crippen LogP) is 3.19. The van der Waals surface area contributed by atoms with Crippen molar-refractivity contribution in [2.24, 2.45) is 5.73 Å². The third-order valence-electron chi connectivity index (χ3n) is 3.10. The number of carbonyl (C=O) groups excluding carboxylic acids is 1. The Kier molecular flexibility index (Phi) is 4.81. The molecule has 0 aliphatic rings. The monoisotopic (exact) mass is 287 g/mol. The van der Waals surface area contributed by atoms with Crippen LogP contribution in [0.3, 0.4) is 0 Å². The summed E-state index contributed by atoms with van der Waals surface area (Å²) in [5.74, 6) is 0.275. The smallest absolute Gasteiger partial charge is 0.344 e. The van der Waals surface area contributed by atoms with Gasteiger partial charge in [-0.15, -0.1) is 0 Å². The lowest BCUT2D eigenvalue weighted by molar-refractivity contribution is -0.149. The SMILES string of the molecule is CC(C)OC(=O)COc1c([C@H](C)N)ccc2ccccc12. The van der Waals surface area contributed by atoms with E-state index in [2.05, 4.69) is 0 Å². The zero-order chi connectivity index (χ0) is 15.4. The number of benzene rings is 2. The minimum Gasteiger partial charge on any atom is -0.481 e. The summed E-state index contributed by atoms with van der Waals surface area (Å²) < 4.78 is 10.8. The third-order valence-corrected chi connectivity index (χ3v) is 3.10. The van der Waals surface area contributed by atoms with Crippen LogP contribution in [0.2, 0.25) is 0 Å². The van der Waals surface area contributed by atoms with Crippen LogP contribution in [0.15, 0.2) is 36.4 Å². The van der Waals surface area contributed by atoms with Crippen molar-refractivity contribution in [3.63, 3.8) is 0 Å². The second kappa shape index (κ2) is 6.59. The number of hydrogen-bond acceptors (Lipinski definition) is 4. The normalized spacial score (nSPS) is 12.4. The summed E-state index contributed by atoms with van der Waals surface area (Å²) in [6.07, 6.45) is -0.151. The van der Waals surface area contributed by atoms with Crippen molar-refractivity contribution < 1.29 is 14.3 Å². The highest BCUT2D eigenvalue weighted by Gasteiger charge is 2.14. The van der Waals surface area contributed by atoms with Crippen molar-refractivity contribution >= 4 is 16.7 Å². The maximum absolute atomic E-state index is 11.7.